The molecule has 8 rings (SSSR count). The van der Waals surface area contributed by atoms with Gasteiger partial charge in [0.05, 0.1) is 23.8 Å². The topological polar surface area (TPSA) is 122 Å². The minimum Gasteiger partial charge on any atom is -0.378 e. The van der Waals surface area contributed by atoms with Gasteiger partial charge < -0.3 is 9.64 Å². The number of imide groups is 2. The van der Waals surface area contributed by atoms with Gasteiger partial charge in [0.15, 0.2) is 0 Å². The molecule has 2 aromatic carbocycles. The molecule has 41 heavy (non-hydrogen) atoms. The number of nitrogens with zero attached hydrogens (tertiary/aromatic N) is 3. The molecule has 6 aliphatic rings. The molecule has 4 saturated carbocycles. The molecular weight excluding hydrogens is 524 g/mol. The average molecular weight is 557 g/mol. The molecule has 0 unspecified atom stereocenters. The first-order valence-electron chi connectivity index (χ1n) is 14.4. The van der Waals surface area contributed by atoms with Crippen LogP contribution < -0.4 is 15.1 Å². The van der Waals surface area contributed by atoms with Crippen molar-refractivity contribution < 1.29 is 24.0 Å². The van der Waals surface area contributed by atoms with Gasteiger partial charge in [0.1, 0.15) is 5.57 Å². The predicted octanol–water partition coefficient (Wildman–Crippen LogP) is 4.57. The quantitative estimate of drug-likeness (QED) is 0.248. The molecule has 1 N–H and O–H groups in total. The lowest BCUT2D eigenvalue weighted by Crippen LogP contribution is -2.54. The molecule has 0 aromatic heterocycles. The highest BCUT2D eigenvalue weighted by Gasteiger charge is 2.51. The summed E-state index contributed by atoms with van der Waals surface area (Å²) in [5, 5.41) is 13.8. The van der Waals surface area contributed by atoms with Crippen LogP contribution in [0.2, 0.25) is 0 Å². The molecule has 2 heterocycles. The maximum absolute atomic E-state index is 13.7. The number of carbonyl (C=O) groups is 3. The third-order valence-corrected chi connectivity index (χ3v) is 9.75. The Hall–Kier alpha value is -4.05. The fraction of sp³-hybridized carbons (Fsp3) is 0.452. The van der Waals surface area contributed by atoms with Crippen LogP contribution in [-0.2, 0) is 19.7 Å². The van der Waals surface area contributed by atoms with Gasteiger partial charge >= 0.3 is 6.03 Å². The van der Waals surface area contributed by atoms with Gasteiger partial charge in [-0.2, -0.15) is 0 Å². The Morgan fingerprint density at radius 3 is 2.17 bits per heavy atom. The Bertz CT molecular complexity index is 1440. The standard InChI is InChI=1S/C31H32N4O6/c36-28-26(15-22-14-25(35(39)40)5-6-27(22)33-7-9-41-10-8-33)29(37)34(30(38)32-28)24-3-1-23(2-4-24)31-16-19-11-20(17-31)13-21(12-19)18-31/h1-6,14-15,19-21H,7-13,16-18H2,(H,32,36,38)/b26-15-. The van der Waals surface area contributed by atoms with Crippen LogP contribution in [0.1, 0.15) is 49.7 Å². The molecule has 0 atom stereocenters. The van der Waals surface area contributed by atoms with Crippen LogP contribution in [0.4, 0.5) is 21.9 Å². The zero-order valence-corrected chi connectivity index (χ0v) is 22.7. The molecule has 10 nitrogen and oxygen atoms in total. The summed E-state index contributed by atoms with van der Waals surface area (Å²) in [6.07, 6.45) is 9.01. The molecule has 10 heteroatoms. The van der Waals surface area contributed by atoms with Gasteiger partial charge in [-0.3, -0.25) is 25.0 Å². The first-order chi connectivity index (χ1) is 19.8. The van der Waals surface area contributed by atoms with Crippen LogP contribution in [0.5, 0.6) is 0 Å². The minimum atomic E-state index is -0.833. The van der Waals surface area contributed by atoms with Crippen molar-refractivity contribution >= 4 is 41.0 Å². The van der Waals surface area contributed by atoms with Gasteiger partial charge in [-0.25, -0.2) is 9.69 Å². The van der Waals surface area contributed by atoms with E-state index in [-0.39, 0.29) is 16.7 Å². The number of barbiturate groups is 1. The summed E-state index contributed by atoms with van der Waals surface area (Å²) in [4.78, 5) is 53.5. The summed E-state index contributed by atoms with van der Waals surface area (Å²) >= 11 is 0. The molecule has 4 aliphatic carbocycles. The number of rotatable bonds is 5. The van der Waals surface area contributed by atoms with Crippen molar-refractivity contribution in [2.24, 2.45) is 17.8 Å². The number of nitrogens with one attached hydrogen (secondary N) is 1. The average Bonchev–Trinajstić information content (AvgIpc) is 2.95. The third kappa shape index (κ3) is 4.50. The molecule has 212 valence electrons. The molecule has 6 fully saturated rings. The highest BCUT2D eigenvalue weighted by Crippen LogP contribution is 2.60. The molecule has 0 spiro atoms. The van der Waals surface area contributed by atoms with Crippen molar-refractivity contribution in [2.75, 3.05) is 36.1 Å². The Morgan fingerprint density at radius 1 is 0.927 bits per heavy atom. The maximum atomic E-state index is 13.7. The van der Waals surface area contributed by atoms with E-state index in [1.807, 2.05) is 17.0 Å². The first kappa shape index (κ1) is 25.9. The lowest BCUT2D eigenvalue weighted by Gasteiger charge is -2.57. The van der Waals surface area contributed by atoms with Gasteiger partial charge in [0.25, 0.3) is 17.5 Å². The van der Waals surface area contributed by atoms with Crippen molar-refractivity contribution in [1.82, 2.24) is 5.32 Å². The van der Waals surface area contributed by atoms with Crippen LogP contribution in [-0.4, -0.2) is 49.1 Å². The molecule has 2 aromatic rings. The number of carbonyl (C=O) groups excluding carboxylic acids is 3. The van der Waals surface area contributed by atoms with Crippen molar-refractivity contribution in [3.8, 4) is 0 Å². The molecular formula is C31H32N4O6. The number of nitro groups is 1. The summed E-state index contributed by atoms with van der Waals surface area (Å²) in [5.41, 5.74) is 2.41. The second-order valence-corrected chi connectivity index (χ2v) is 12.3. The van der Waals surface area contributed by atoms with E-state index in [1.54, 1.807) is 18.2 Å². The van der Waals surface area contributed by atoms with Crippen LogP contribution >= 0.6 is 0 Å². The number of ether oxygens (including phenoxy) is 1. The number of non-ortho nitro benzene ring substituents is 1. The summed E-state index contributed by atoms with van der Waals surface area (Å²) in [6.45, 7) is 2.12. The zero-order chi connectivity index (χ0) is 28.3. The number of urea groups is 1. The highest BCUT2D eigenvalue weighted by molar-refractivity contribution is 6.39. The third-order valence-electron chi connectivity index (χ3n) is 9.75. The van der Waals surface area contributed by atoms with E-state index in [9.17, 15) is 24.5 Å². The van der Waals surface area contributed by atoms with E-state index < -0.39 is 22.8 Å². The van der Waals surface area contributed by atoms with Gasteiger partial charge in [0.2, 0.25) is 0 Å². The van der Waals surface area contributed by atoms with E-state index in [2.05, 4.69) is 5.32 Å². The van der Waals surface area contributed by atoms with Crippen molar-refractivity contribution in [2.45, 2.75) is 43.9 Å². The summed E-state index contributed by atoms with van der Waals surface area (Å²) in [6, 6.07) is 11.2. The Kier molecular flexibility index (Phi) is 6.19. The van der Waals surface area contributed by atoms with Gasteiger partial charge in [-0.1, -0.05) is 12.1 Å². The van der Waals surface area contributed by atoms with Crippen molar-refractivity contribution in [1.29, 1.82) is 0 Å². The number of amides is 4. The monoisotopic (exact) mass is 556 g/mol. The van der Waals surface area contributed by atoms with Gasteiger partial charge in [-0.15, -0.1) is 0 Å². The number of morpholine rings is 1. The van der Waals surface area contributed by atoms with E-state index in [1.165, 1.54) is 62.3 Å². The fourth-order valence-electron chi connectivity index (χ4n) is 8.34. The summed E-state index contributed by atoms with van der Waals surface area (Å²) < 4.78 is 5.43. The number of anilines is 2. The Labute approximate surface area is 237 Å². The smallest absolute Gasteiger partial charge is 0.335 e. The van der Waals surface area contributed by atoms with Crippen LogP contribution in [0.3, 0.4) is 0 Å². The second-order valence-electron chi connectivity index (χ2n) is 12.3. The second kappa shape index (κ2) is 9.80. The van der Waals surface area contributed by atoms with Gasteiger partial charge in [-0.05, 0) is 91.5 Å². The van der Waals surface area contributed by atoms with E-state index in [0.29, 0.717) is 43.2 Å². The highest BCUT2D eigenvalue weighted by atomic mass is 16.6. The summed E-state index contributed by atoms with van der Waals surface area (Å²) in [5.74, 6) is 0.794. The number of hydrogen-bond acceptors (Lipinski definition) is 7. The normalized spacial score (nSPS) is 30.2. The molecule has 4 amide bonds. The van der Waals surface area contributed by atoms with Crippen LogP contribution in [0.25, 0.3) is 6.08 Å². The first-order valence-corrected chi connectivity index (χ1v) is 14.4. The largest absolute Gasteiger partial charge is 0.378 e. The minimum absolute atomic E-state index is 0.161. The molecule has 4 bridgehead atoms. The maximum Gasteiger partial charge on any atom is 0.335 e. The van der Waals surface area contributed by atoms with Crippen molar-refractivity contribution in [3.05, 3.63) is 69.3 Å². The molecule has 0 radical (unpaired) electrons. The van der Waals surface area contributed by atoms with E-state index >= 15 is 0 Å². The lowest BCUT2D eigenvalue weighted by atomic mass is 9.48. The molecule has 2 saturated heterocycles. The summed E-state index contributed by atoms with van der Waals surface area (Å²) in [7, 11) is 0. The van der Waals surface area contributed by atoms with Crippen LogP contribution in [0, 0.1) is 27.9 Å². The van der Waals surface area contributed by atoms with Crippen molar-refractivity contribution in [3.63, 3.8) is 0 Å². The lowest BCUT2D eigenvalue weighted by molar-refractivity contribution is -0.384. The SMILES string of the molecule is O=C1NC(=O)N(c2ccc(C34CC5CC(CC(C5)C3)C4)cc2)C(=O)/C1=C\c1cc([N+](=O)[O-])ccc1N1CCOCC1. The fourth-order valence-corrected chi connectivity index (χ4v) is 8.34. The van der Waals surface area contributed by atoms with Gasteiger partial charge in [0, 0.05) is 36.5 Å². The van der Waals surface area contributed by atoms with E-state index in [4.69, 9.17) is 4.74 Å². The Balaban J connectivity index is 1.20. The number of benzene rings is 2. The number of hydrogen-bond donors (Lipinski definition) is 1. The zero-order valence-electron chi connectivity index (χ0n) is 22.7. The Morgan fingerprint density at radius 2 is 1.56 bits per heavy atom. The predicted molar refractivity (Wildman–Crippen MR) is 151 cm³/mol. The van der Waals surface area contributed by atoms with Crippen LogP contribution in [0.15, 0.2) is 48.0 Å². The molecule has 2 aliphatic heterocycles. The number of nitro benzene ring substituents is 1. The van der Waals surface area contributed by atoms with E-state index in [0.717, 1.165) is 22.7 Å².